The minimum atomic E-state index is -4.84. The molecule has 2 N–H and O–H groups in total. The topological polar surface area (TPSA) is 96.4 Å². The smallest absolute Gasteiger partial charge is 0.461 e. The molecule has 0 amide bonds. The van der Waals surface area contributed by atoms with Gasteiger partial charge in [0.2, 0.25) is 0 Å². The van der Waals surface area contributed by atoms with Gasteiger partial charge in [-0.2, -0.15) is 9.78 Å². The summed E-state index contributed by atoms with van der Waals surface area (Å²) in [6, 6.07) is 4.47. The Labute approximate surface area is 153 Å². The number of nitrogens with two attached hydrogens (primary N) is 1. The first-order chi connectivity index (χ1) is 12.7. The summed E-state index contributed by atoms with van der Waals surface area (Å²) in [7, 11) is 0. The number of benzene rings is 1. The van der Waals surface area contributed by atoms with Crippen LogP contribution in [0.3, 0.4) is 0 Å². The summed E-state index contributed by atoms with van der Waals surface area (Å²) in [5, 5.41) is 6.09. The van der Waals surface area contributed by atoms with Crippen molar-refractivity contribution in [1.29, 1.82) is 0 Å². The van der Waals surface area contributed by atoms with Gasteiger partial charge in [0.1, 0.15) is 5.75 Å². The lowest BCUT2D eigenvalue weighted by atomic mass is 10.2. The van der Waals surface area contributed by atoms with Crippen molar-refractivity contribution < 1.29 is 27.4 Å². The monoisotopic (exact) mass is 399 g/mol. The van der Waals surface area contributed by atoms with Crippen LogP contribution in [0.25, 0.3) is 16.5 Å². The quantitative estimate of drug-likeness (QED) is 0.678. The van der Waals surface area contributed by atoms with Gasteiger partial charge in [-0.3, -0.25) is 4.79 Å². The number of esters is 1. The van der Waals surface area contributed by atoms with Crippen LogP contribution in [0.15, 0.2) is 34.4 Å². The van der Waals surface area contributed by atoms with Crippen molar-refractivity contribution in [2.75, 3.05) is 12.3 Å². The summed E-state index contributed by atoms with van der Waals surface area (Å²) in [4.78, 5) is 24.9. The van der Waals surface area contributed by atoms with Gasteiger partial charge in [-0.25, -0.2) is 4.79 Å². The minimum Gasteiger partial charge on any atom is -0.461 e. The second kappa shape index (κ2) is 6.91. The molecule has 27 heavy (non-hydrogen) atoms. The summed E-state index contributed by atoms with van der Waals surface area (Å²) >= 11 is 1.07. The number of aromatic nitrogens is 2. The molecule has 0 unspecified atom stereocenters. The molecule has 0 aliphatic heterocycles. The highest BCUT2D eigenvalue weighted by molar-refractivity contribution is 7.15. The number of nitrogen functional groups attached to an aromatic ring is 1. The molecular formula is C16H12F3N3O4S. The van der Waals surface area contributed by atoms with E-state index >= 15 is 0 Å². The number of ether oxygens (including phenoxy) is 2. The number of rotatable bonds is 4. The Kier molecular flexibility index (Phi) is 4.79. The maximum atomic E-state index is 12.7. The summed E-state index contributed by atoms with van der Waals surface area (Å²) in [5.41, 5.74) is 5.25. The molecule has 0 atom stereocenters. The number of halogens is 3. The molecule has 3 aromatic rings. The van der Waals surface area contributed by atoms with E-state index in [-0.39, 0.29) is 33.8 Å². The van der Waals surface area contributed by atoms with Crippen LogP contribution in [0.4, 0.5) is 18.2 Å². The van der Waals surface area contributed by atoms with Crippen molar-refractivity contribution in [2.45, 2.75) is 13.3 Å². The van der Waals surface area contributed by atoms with Crippen LogP contribution in [-0.4, -0.2) is 28.7 Å². The predicted octanol–water partition coefficient (Wildman–Crippen LogP) is 3.10. The van der Waals surface area contributed by atoms with E-state index < -0.39 is 23.6 Å². The zero-order valence-electron chi connectivity index (χ0n) is 13.7. The standard InChI is InChI=1S/C16H12F3N3O4S/c1-2-25-15(24)12-10-7-27-13(20)11(10)14(23)22(21-12)8-3-5-9(6-4-8)26-16(17,18)19/h3-7H,2,20H2,1H3. The van der Waals surface area contributed by atoms with Gasteiger partial charge in [0.15, 0.2) is 5.69 Å². The lowest BCUT2D eigenvalue weighted by Crippen LogP contribution is -2.25. The number of thiophene rings is 1. The van der Waals surface area contributed by atoms with Gasteiger partial charge in [-0.05, 0) is 31.2 Å². The molecular weight excluding hydrogens is 387 g/mol. The lowest BCUT2D eigenvalue weighted by molar-refractivity contribution is -0.274. The molecule has 0 radical (unpaired) electrons. The lowest BCUT2D eigenvalue weighted by Gasteiger charge is -2.11. The highest BCUT2D eigenvalue weighted by Gasteiger charge is 2.31. The molecule has 0 aliphatic carbocycles. The zero-order valence-corrected chi connectivity index (χ0v) is 14.6. The van der Waals surface area contributed by atoms with Crippen LogP contribution in [0.1, 0.15) is 17.4 Å². The molecule has 1 aromatic carbocycles. The maximum absolute atomic E-state index is 12.7. The van der Waals surface area contributed by atoms with E-state index in [9.17, 15) is 22.8 Å². The number of hydrogen-bond donors (Lipinski definition) is 1. The Bertz CT molecular complexity index is 1060. The molecule has 0 saturated carbocycles. The number of anilines is 1. The number of carbonyl (C=O) groups excluding carboxylic acids is 1. The van der Waals surface area contributed by atoms with Gasteiger partial charge in [-0.1, -0.05) is 0 Å². The molecule has 2 aromatic heterocycles. The second-order valence-corrected chi connectivity index (χ2v) is 6.13. The van der Waals surface area contributed by atoms with Crippen molar-refractivity contribution in [3.8, 4) is 11.4 Å². The van der Waals surface area contributed by atoms with Gasteiger partial charge in [0.05, 0.1) is 22.7 Å². The average Bonchev–Trinajstić information content (AvgIpc) is 2.97. The fourth-order valence-electron chi connectivity index (χ4n) is 2.39. The Morgan fingerprint density at radius 1 is 1.30 bits per heavy atom. The van der Waals surface area contributed by atoms with Crippen LogP contribution in [0.5, 0.6) is 5.75 Å². The summed E-state index contributed by atoms with van der Waals surface area (Å²) < 4.78 is 46.4. The Morgan fingerprint density at radius 2 is 1.96 bits per heavy atom. The van der Waals surface area contributed by atoms with E-state index in [2.05, 4.69) is 9.84 Å². The fourth-order valence-corrected chi connectivity index (χ4v) is 3.18. The van der Waals surface area contributed by atoms with E-state index in [1.54, 1.807) is 6.92 Å². The molecule has 0 fully saturated rings. The highest BCUT2D eigenvalue weighted by atomic mass is 32.1. The van der Waals surface area contributed by atoms with Gasteiger partial charge >= 0.3 is 12.3 Å². The van der Waals surface area contributed by atoms with E-state index in [0.29, 0.717) is 0 Å². The summed E-state index contributed by atoms with van der Waals surface area (Å²) in [6.07, 6.45) is -4.84. The van der Waals surface area contributed by atoms with Crippen molar-refractivity contribution in [2.24, 2.45) is 0 Å². The molecule has 2 heterocycles. The third-order valence-electron chi connectivity index (χ3n) is 3.46. The van der Waals surface area contributed by atoms with Crippen molar-refractivity contribution in [3.05, 3.63) is 45.7 Å². The normalized spacial score (nSPS) is 11.6. The third-order valence-corrected chi connectivity index (χ3v) is 4.28. The first kappa shape index (κ1) is 18.7. The largest absolute Gasteiger partial charge is 0.573 e. The SMILES string of the molecule is CCOC(=O)c1nn(-c2ccc(OC(F)(F)F)cc2)c(=O)c2c(N)scc12. The number of fused-ring (bicyclic) bond motifs is 1. The van der Waals surface area contributed by atoms with Crippen molar-refractivity contribution >= 4 is 33.1 Å². The van der Waals surface area contributed by atoms with E-state index in [1.165, 1.54) is 17.5 Å². The molecule has 142 valence electrons. The first-order valence-electron chi connectivity index (χ1n) is 7.54. The number of alkyl halides is 3. The molecule has 7 nitrogen and oxygen atoms in total. The van der Waals surface area contributed by atoms with Crippen LogP contribution >= 0.6 is 11.3 Å². The number of carbonyl (C=O) groups is 1. The Hall–Kier alpha value is -3.08. The third kappa shape index (κ3) is 3.72. The van der Waals surface area contributed by atoms with E-state index in [1.807, 2.05) is 0 Å². The van der Waals surface area contributed by atoms with Gasteiger partial charge in [0, 0.05) is 10.8 Å². The number of hydrogen-bond acceptors (Lipinski definition) is 7. The Morgan fingerprint density at radius 3 is 2.56 bits per heavy atom. The summed E-state index contributed by atoms with van der Waals surface area (Å²) in [5.74, 6) is -1.20. The van der Waals surface area contributed by atoms with Crippen molar-refractivity contribution in [3.63, 3.8) is 0 Å². The van der Waals surface area contributed by atoms with Crippen LogP contribution in [0.2, 0.25) is 0 Å². The van der Waals surface area contributed by atoms with Gasteiger partial charge < -0.3 is 15.2 Å². The van der Waals surface area contributed by atoms with Gasteiger partial charge in [0.25, 0.3) is 5.56 Å². The predicted molar refractivity (Wildman–Crippen MR) is 92.3 cm³/mol. The van der Waals surface area contributed by atoms with Crippen LogP contribution in [0, 0.1) is 0 Å². The molecule has 0 saturated heterocycles. The number of nitrogens with zero attached hydrogens (tertiary/aromatic N) is 2. The first-order valence-corrected chi connectivity index (χ1v) is 8.42. The zero-order chi connectivity index (χ0) is 19.8. The second-order valence-electron chi connectivity index (χ2n) is 5.22. The van der Waals surface area contributed by atoms with Crippen molar-refractivity contribution in [1.82, 2.24) is 9.78 Å². The molecule has 0 bridgehead atoms. The average molecular weight is 399 g/mol. The molecule has 0 aliphatic rings. The van der Waals surface area contributed by atoms with E-state index in [4.69, 9.17) is 10.5 Å². The molecule has 0 spiro atoms. The minimum absolute atomic E-state index is 0.0914. The van der Waals surface area contributed by atoms with Gasteiger partial charge in [-0.15, -0.1) is 24.5 Å². The van der Waals surface area contributed by atoms with E-state index in [0.717, 1.165) is 28.2 Å². The van der Waals surface area contributed by atoms with Crippen LogP contribution in [-0.2, 0) is 4.74 Å². The highest BCUT2D eigenvalue weighted by Crippen LogP contribution is 2.28. The fraction of sp³-hybridized carbons (Fsp3) is 0.188. The maximum Gasteiger partial charge on any atom is 0.573 e. The summed E-state index contributed by atoms with van der Waals surface area (Å²) in [6.45, 7) is 1.72. The molecule has 3 rings (SSSR count). The molecule has 11 heteroatoms. The van der Waals surface area contributed by atoms with Crippen LogP contribution < -0.4 is 16.0 Å². The Balaban J connectivity index is 2.14.